The number of aliphatic hydroxyl groups excluding tert-OH is 1. The maximum absolute atomic E-state index is 13.8. The minimum Gasteiger partial charge on any atom is -0.395 e. The number of aromatic amines is 1. The fourth-order valence-electron chi connectivity index (χ4n) is 2.65. The number of nitrogens with zero attached hydrogens (tertiary/aromatic N) is 2. The molecular weight excluding hydrogens is 309 g/mol. The van der Waals surface area contributed by atoms with E-state index < -0.39 is 0 Å². The molecular formula is C18H18FN3O2. The molecule has 1 aromatic carbocycles. The molecule has 0 saturated heterocycles. The van der Waals surface area contributed by atoms with Crippen LogP contribution in [-0.2, 0) is 6.42 Å². The van der Waals surface area contributed by atoms with Crippen LogP contribution in [0, 0.1) is 5.82 Å². The molecule has 24 heavy (non-hydrogen) atoms. The Labute approximate surface area is 138 Å². The van der Waals surface area contributed by atoms with Crippen molar-refractivity contribution in [3.05, 3.63) is 65.9 Å². The molecule has 0 aliphatic carbocycles. The Bertz CT molecular complexity index is 833. The molecule has 0 fully saturated rings. The zero-order chi connectivity index (χ0) is 16.9. The monoisotopic (exact) mass is 327 g/mol. The van der Waals surface area contributed by atoms with Gasteiger partial charge in [0.05, 0.1) is 6.61 Å². The highest BCUT2D eigenvalue weighted by Crippen LogP contribution is 2.19. The van der Waals surface area contributed by atoms with Crippen molar-refractivity contribution in [1.82, 2.24) is 14.9 Å². The minimum atomic E-state index is -0.367. The zero-order valence-electron chi connectivity index (χ0n) is 13.1. The van der Waals surface area contributed by atoms with Crippen LogP contribution in [0.25, 0.3) is 10.9 Å². The van der Waals surface area contributed by atoms with Crippen LogP contribution >= 0.6 is 0 Å². The highest BCUT2D eigenvalue weighted by atomic mass is 19.1. The van der Waals surface area contributed by atoms with Crippen LogP contribution in [-0.4, -0.2) is 45.6 Å². The van der Waals surface area contributed by atoms with E-state index in [0.717, 1.165) is 5.56 Å². The second-order valence-corrected chi connectivity index (χ2v) is 5.51. The Morgan fingerprint density at radius 2 is 2.00 bits per heavy atom. The number of amides is 1. The molecule has 124 valence electrons. The standard InChI is InChI=1S/C18H18FN3O2/c19-15-2-1-3-16-14(15)12-17(21-16)18(24)22(10-11-23)9-6-13-4-7-20-8-5-13/h1-5,7-8,12,21,23H,6,9-11H2. The Kier molecular flexibility index (Phi) is 4.86. The topological polar surface area (TPSA) is 69.2 Å². The molecule has 2 aromatic heterocycles. The quantitative estimate of drug-likeness (QED) is 0.730. The summed E-state index contributed by atoms with van der Waals surface area (Å²) in [4.78, 5) is 21.2. The van der Waals surface area contributed by atoms with Crippen molar-refractivity contribution in [2.75, 3.05) is 19.7 Å². The lowest BCUT2D eigenvalue weighted by molar-refractivity contribution is 0.0719. The Balaban J connectivity index is 1.78. The molecule has 3 rings (SSSR count). The molecule has 0 aliphatic rings. The minimum absolute atomic E-state index is 0.128. The number of nitrogens with one attached hydrogen (secondary N) is 1. The van der Waals surface area contributed by atoms with Crippen LogP contribution in [0.4, 0.5) is 4.39 Å². The summed E-state index contributed by atoms with van der Waals surface area (Å²) in [5.74, 6) is -0.623. The molecule has 2 N–H and O–H groups in total. The van der Waals surface area contributed by atoms with Gasteiger partial charge < -0.3 is 15.0 Å². The number of H-pyrrole nitrogens is 1. The third-order valence-corrected chi connectivity index (χ3v) is 3.92. The fraction of sp³-hybridized carbons (Fsp3) is 0.222. The second kappa shape index (κ2) is 7.23. The number of aromatic nitrogens is 2. The van der Waals surface area contributed by atoms with E-state index in [-0.39, 0.29) is 24.9 Å². The third-order valence-electron chi connectivity index (χ3n) is 3.92. The van der Waals surface area contributed by atoms with Crippen LogP contribution in [0.3, 0.4) is 0 Å². The highest BCUT2D eigenvalue weighted by Gasteiger charge is 2.18. The van der Waals surface area contributed by atoms with Crippen molar-refractivity contribution in [3.8, 4) is 0 Å². The lowest BCUT2D eigenvalue weighted by Gasteiger charge is -2.21. The van der Waals surface area contributed by atoms with Gasteiger partial charge in [0.25, 0.3) is 5.91 Å². The number of carbonyl (C=O) groups is 1. The van der Waals surface area contributed by atoms with Crippen molar-refractivity contribution in [1.29, 1.82) is 0 Å². The van der Waals surface area contributed by atoms with Gasteiger partial charge >= 0.3 is 0 Å². The van der Waals surface area contributed by atoms with Crippen molar-refractivity contribution < 1.29 is 14.3 Å². The van der Waals surface area contributed by atoms with Crippen molar-refractivity contribution in [2.45, 2.75) is 6.42 Å². The van der Waals surface area contributed by atoms with Crippen LogP contribution in [0.5, 0.6) is 0 Å². The summed E-state index contributed by atoms with van der Waals surface area (Å²) in [5.41, 5.74) is 1.96. The number of hydrogen-bond donors (Lipinski definition) is 2. The van der Waals surface area contributed by atoms with Gasteiger partial charge in [-0.05, 0) is 42.3 Å². The molecule has 0 saturated carbocycles. The van der Waals surface area contributed by atoms with Crippen molar-refractivity contribution >= 4 is 16.8 Å². The van der Waals surface area contributed by atoms with Gasteiger partial charge in [-0.3, -0.25) is 9.78 Å². The second-order valence-electron chi connectivity index (χ2n) is 5.51. The van der Waals surface area contributed by atoms with E-state index in [1.54, 1.807) is 29.4 Å². The van der Waals surface area contributed by atoms with Gasteiger partial charge in [-0.25, -0.2) is 4.39 Å². The summed E-state index contributed by atoms with van der Waals surface area (Å²) in [7, 11) is 0. The predicted molar refractivity (Wildman–Crippen MR) is 89.2 cm³/mol. The van der Waals surface area contributed by atoms with Gasteiger partial charge in [0.15, 0.2) is 0 Å². The van der Waals surface area contributed by atoms with E-state index in [0.29, 0.717) is 29.6 Å². The summed E-state index contributed by atoms with van der Waals surface area (Å²) in [5, 5.41) is 9.63. The molecule has 1 amide bonds. The van der Waals surface area contributed by atoms with E-state index in [1.165, 1.54) is 12.1 Å². The first-order chi connectivity index (χ1) is 11.7. The third kappa shape index (κ3) is 3.44. The van der Waals surface area contributed by atoms with Gasteiger partial charge in [-0.2, -0.15) is 0 Å². The zero-order valence-corrected chi connectivity index (χ0v) is 13.1. The molecule has 3 aromatic rings. The Hall–Kier alpha value is -2.73. The maximum Gasteiger partial charge on any atom is 0.270 e. The fourth-order valence-corrected chi connectivity index (χ4v) is 2.65. The average molecular weight is 327 g/mol. The molecule has 6 heteroatoms. The molecule has 0 atom stereocenters. The van der Waals surface area contributed by atoms with Crippen molar-refractivity contribution in [3.63, 3.8) is 0 Å². The SMILES string of the molecule is O=C(c1cc2c(F)cccc2[nH]1)N(CCO)CCc1ccncc1. The number of carbonyl (C=O) groups excluding carboxylic acids is 1. The number of fused-ring (bicyclic) bond motifs is 1. The Morgan fingerprint density at radius 1 is 1.21 bits per heavy atom. The molecule has 0 bridgehead atoms. The number of rotatable bonds is 6. The first-order valence-electron chi connectivity index (χ1n) is 7.75. The smallest absolute Gasteiger partial charge is 0.270 e. The number of benzene rings is 1. The number of hydrogen-bond acceptors (Lipinski definition) is 3. The number of pyridine rings is 1. The van der Waals surface area contributed by atoms with E-state index in [1.807, 2.05) is 12.1 Å². The molecule has 5 nitrogen and oxygen atoms in total. The van der Waals surface area contributed by atoms with Gasteiger partial charge in [0, 0.05) is 36.4 Å². The summed E-state index contributed by atoms with van der Waals surface area (Å²) in [6.45, 7) is 0.555. The van der Waals surface area contributed by atoms with Gasteiger partial charge in [0.1, 0.15) is 11.5 Å². The maximum atomic E-state index is 13.8. The highest BCUT2D eigenvalue weighted by molar-refractivity contribution is 5.98. The predicted octanol–water partition coefficient (Wildman–Crippen LogP) is 2.38. The molecule has 2 heterocycles. The van der Waals surface area contributed by atoms with Crippen LogP contribution < -0.4 is 0 Å². The van der Waals surface area contributed by atoms with Crippen molar-refractivity contribution in [2.24, 2.45) is 0 Å². The van der Waals surface area contributed by atoms with Crippen LogP contribution in [0.15, 0.2) is 48.8 Å². The van der Waals surface area contributed by atoms with Gasteiger partial charge in [-0.1, -0.05) is 6.07 Å². The van der Waals surface area contributed by atoms with E-state index in [9.17, 15) is 14.3 Å². The first-order valence-corrected chi connectivity index (χ1v) is 7.75. The summed E-state index contributed by atoms with van der Waals surface area (Å²) < 4.78 is 13.8. The lowest BCUT2D eigenvalue weighted by atomic mass is 10.2. The summed E-state index contributed by atoms with van der Waals surface area (Å²) >= 11 is 0. The lowest BCUT2D eigenvalue weighted by Crippen LogP contribution is -2.35. The average Bonchev–Trinajstić information content (AvgIpc) is 3.04. The normalized spacial score (nSPS) is 10.9. The van der Waals surface area contributed by atoms with E-state index >= 15 is 0 Å². The molecule has 0 unspecified atom stereocenters. The summed E-state index contributed by atoms with van der Waals surface area (Å²) in [6, 6.07) is 9.98. The molecule has 0 radical (unpaired) electrons. The number of aliphatic hydroxyl groups is 1. The van der Waals surface area contributed by atoms with E-state index in [2.05, 4.69) is 9.97 Å². The van der Waals surface area contributed by atoms with Crippen LogP contribution in [0.2, 0.25) is 0 Å². The molecule has 0 aliphatic heterocycles. The first kappa shape index (κ1) is 16.1. The number of halogens is 1. The van der Waals surface area contributed by atoms with Gasteiger partial charge in [-0.15, -0.1) is 0 Å². The van der Waals surface area contributed by atoms with E-state index in [4.69, 9.17) is 0 Å². The molecule has 0 spiro atoms. The van der Waals surface area contributed by atoms with Gasteiger partial charge in [0.2, 0.25) is 0 Å². The largest absolute Gasteiger partial charge is 0.395 e. The Morgan fingerprint density at radius 3 is 2.71 bits per heavy atom. The summed E-state index contributed by atoms with van der Waals surface area (Å²) in [6.07, 6.45) is 4.06. The van der Waals surface area contributed by atoms with Crippen LogP contribution in [0.1, 0.15) is 16.1 Å².